The number of benzene rings is 2. The number of nitrogens with one attached hydrogen (secondary N) is 1. The molecule has 0 radical (unpaired) electrons. The first-order chi connectivity index (χ1) is 17.2. The number of carbonyl (C=O) groups excluding carboxylic acids is 2. The maximum absolute atomic E-state index is 13.5. The SMILES string of the molecule is CC1CCC(C(=O)N(c2nn(-c3ccc(C(=O)Nc4ccccc4)cc3)cc2C(=O)O)C(C)C)CC1. The highest BCUT2D eigenvalue weighted by atomic mass is 16.4. The molecule has 0 bridgehead atoms. The molecule has 1 aliphatic rings. The van der Waals surface area contributed by atoms with Crippen LogP contribution in [-0.2, 0) is 4.79 Å². The lowest BCUT2D eigenvalue weighted by atomic mass is 9.82. The Bertz CT molecular complexity index is 1230. The van der Waals surface area contributed by atoms with E-state index in [1.165, 1.54) is 15.8 Å². The third-order valence-electron chi connectivity index (χ3n) is 6.70. The topological polar surface area (TPSA) is 105 Å². The molecule has 2 amide bonds. The number of carboxylic acids is 1. The van der Waals surface area contributed by atoms with Gasteiger partial charge in [0.25, 0.3) is 5.91 Å². The summed E-state index contributed by atoms with van der Waals surface area (Å²) in [7, 11) is 0. The van der Waals surface area contributed by atoms with E-state index >= 15 is 0 Å². The molecule has 8 heteroatoms. The molecule has 2 N–H and O–H groups in total. The highest BCUT2D eigenvalue weighted by Crippen LogP contribution is 2.32. The number of amides is 2. The second-order valence-electron chi connectivity index (χ2n) is 9.74. The number of anilines is 2. The van der Waals surface area contributed by atoms with Gasteiger partial charge in [0.05, 0.1) is 5.69 Å². The smallest absolute Gasteiger partial charge is 0.341 e. The lowest BCUT2D eigenvalue weighted by Gasteiger charge is -2.32. The number of hydrogen-bond acceptors (Lipinski definition) is 4. The van der Waals surface area contributed by atoms with Gasteiger partial charge in [-0.1, -0.05) is 25.1 Å². The Labute approximate surface area is 210 Å². The first-order valence-electron chi connectivity index (χ1n) is 12.4. The van der Waals surface area contributed by atoms with E-state index in [1.807, 2.05) is 32.0 Å². The molecule has 8 nitrogen and oxygen atoms in total. The molecule has 1 aromatic heterocycles. The van der Waals surface area contributed by atoms with E-state index in [2.05, 4.69) is 17.3 Å². The Kier molecular flexibility index (Phi) is 7.52. The molecule has 0 atom stereocenters. The fraction of sp³-hybridized carbons (Fsp3) is 0.357. The van der Waals surface area contributed by atoms with E-state index in [0.29, 0.717) is 22.9 Å². The van der Waals surface area contributed by atoms with Crippen molar-refractivity contribution in [2.45, 2.75) is 52.5 Å². The van der Waals surface area contributed by atoms with Crippen molar-refractivity contribution in [3.8, 4) is 5.69 Å². The molecule has 1 fully saturated rings. The quantitative estimate of drug-likeness (QED) is 0.464. The van der Waals surface area contributed by atoms with Crippen molar-refractivity contribution in [1.29, 1.82) is 0 Å². The maximum atomic E-state index is 13.5. The van der Waals surface area contributed by atoms with E-state index < -0.39 is 5.97 Å². The van der Waals surface area contributed by atoms with Crippen LogP contribution in [0.4, 0.5) is 11.5 Å². The molecule has 4 rings (SSSR count). The third kappa shape index (κ3) is 5.48. The molecule has 2 aromatic carbocycles. The number of carboxylic acid groups (broad SMARTS) is 1. The van der Waals surface area contributed by atoms with Gasteiger partial charge in [-0.15, -0.1) is 5.10 Å². The average Bonchev–Trinajstić information content (AvgIpc) is 3.30. The Morgan fingerprint density at radius 1 is 1.00 bits per heavy atom. The lowest BCUT2D eigenvalue weighted by Crippen LogP contribution is -2.43. The van der Waals surface area contributed by atoms with Gasteiger partial charge in [-0.05, 0) is 81.8 Å². The average molecular weight is 489 g/mol. The third-order valence-corrected chi connectivity index (χ3v) is 6.70. The monoisotopic (exact) mass is 488 g/mol. The summed E-state index contributed by atoms with van der Waals surface area (Å²) in [4.78, 5) is 39.7. The van der Waals surface area contributed by atoms with Crippen LogP contribution < -0.4 is 10.2 Å². The van der Waals surface area contributed by atoms with Crippen LogP contribution in [0, 0.1) is 11.8 Å². The van der Waals surface area contributed by atoms with Crippen molar-refractivity contribution in [3.63, 3.8) is 0 Å². The summed E-state index contributed by atoms with van der Waals surface area (Å²) in [5, 5.41) is 17.3. The summed E-state index contributed by atoms with van der Waals surface area (Å²) >= 11 is 0. The Morgan fingerprint density at radius 2 is 1.64 bits per heavy atom. The van der Waals surface area contributed by atoms with Crippen LogP contribution in [0.1, 0.15) is 67.2 Å². The van der Waals surface area contributed by atoms with Gasteiger partial charge in [0.2, 0.25) is 5.91 Å². The number of aromatic nitrogens is 2. The standard InChI is InChI=1S/C28H32N4O4/c1-18(2)32(27(34)21-11-9-19(3)10-12-21)25-24(28(35)36)17-31(30-25)23-15-13-20(14-16-23)26(33)29-22-7-5-4-6-8-22/h4-8,13-19,21H,9-12H2,1-3H3,(H,29,33)(H,35,36). The molecule has 1 heterocycles. The van der Waals surface area contributed by atoms with Crippen molar-refractivity contribution in [2.24, 2.45) is 11.8 Å². The summed E-state index contributed by atoms with van der Waals surface area (Å²) < 4.78 is 1.45. The zero-order valence-corrected chi connectivity index (χ0v) is 20.8. The number of hydrogen-bond donors (Lipinski definition) is 2. The lowest BCUT2D eigenvalue weighted by molar-refractivity contribution is -0.124. The summed E-state index contributed by atoms with van der Waals surface area (Å²) in [6.07, 6.45) is 5.01. The number of para-hydroxylation sites is 1. The predicted octanol–water partition coefficient (Wildman–Crippen LogP) is 5.39. The van der Waals surface area contributed by atoms with Crippen LogP contribution >= 0.6 is 0 Å². The van der Waals surface area contributed by atoms with Gasteiger partial charge in [0, 0.05) is 29.4 Å². The molecule has 1 saturated carbocycles. The summed E-state index contributed by atoms with van der Waals surface area (Å²) in [5.74, 6) is -0.847. The Balaban J connectivity index is 1.59. The van der Waals surface area contributed by atoms with Crippen LogP contribution in [0.15, 0.2) is 60.8 Å². The van der Waals surface area contributed by atoms with E-state index in [4.69, 9.17) is 0 Å². The van der Waals surface area contributed by atoms with E-state index in [-0.39, 0.29) is 35.2 Å². The molecular formula is C28H32N4O4. The summed E-state index contributed by atoms with van der Waals surface area (Å²) in [5.41, 5.74) is 1.70. The van der Waals surface area contributed by atoms with Crippen LogP contribution in [0.3, 0.4) is 0 Å². The molecular weight excluding hydrogens is 456 g/mol. The second-order valence-corrected chi connectivity index (χ2v) is 9.74. The number of aromatic carboxylic acids is 1. The van der Waals surface area contributed by atoms with Gasteiger partial charge in [0.15, 0.2) is 5.82 Å². The minimum atomic E-state index is -1.15. The first kappa shape index (κ1) is 25.2. The molecule has 0 spiro atoms. The van der Waals surface area contributed by atoms with Crippen molar-refractivity contribution >= 4 is 29.3 Å². The van der Waals surface area contributed by atoms with Crippen molar-refractivity contribution in [3.05, 3.63) is 71.9 Å². The van der Waals surface area contributed by atoms with Gasteiger partial charge in [-0.2, -0.15) is 0 Å². The van der Waals surface area contributed by atoms with Crippen molar-refractivity contribution in [2.75, 3.05) is 10.2 Å². The minimum Gasteiger partial charge on any atom is -0.477 e. The molecule has 0 saturated heterocycles. The number of rotatable bonds is 7. The maximum Gasteiger partial charge on any atom is 0.341 e. The highest BCUT2D eigenvalue weighted by molar-refractivity contribution is 6.04. The molecule has 3 aromatic rings. The van der Waals surface area contributed by atoms with Gasteiger partial charge >= 0.3 is 5.97 Å². The normalized spacial score (nSPS) is 17.6. The van der Waals surface area contributed by atoms with Crippen LogP contribution in [0.2, 0.25) is 0 Å². The Hall–Kier alpha value is -3.94. The number of carbonyl (C=O) groups is 3. The van der Waals surface area contributed by atoms with E-state index in [9.17, 15) is 19.5 Å². The van der Waals surface area contributed by atoms with Crippen LogP contribution in [0.5, 0.6) is 0 Å². The van der Waals surface area contributed by atoms with Gasteiger partial charge < -0.3 is 10.4 Å². The van der Waals surface area contributed by atoms with Crippen molar-refractivity contribution < 1.29 is 19.5 Å². The largest absolute Gasteiger partial charge is 0.477 e. The Morgan fingerprint density at radius 3 is 2.22 bits per heavy atom. The van der Waals surface area contributed by atoms with Gasteiger partial charge in [-0.3, -0.25) is 14.5 Å². The summed E-state index contributed by atoms with van der Waals surface area (Å²) in [6.45, 7) is 5.93. The van der Waals surface area contributed by atoms with Gasteiger partial charge in [-0.25, -0.2) is 9.48 Å². The highest BCUT2D eigenvalue weighted by Gasteiger charge is 2.34. The molecule has 188 valence electrons. The fourth-order valence-corrected chi connectivity index (χ4v) is 4.62. The predicted molar refractivity (Wildman–Crippen MR) is 139 cm³/mol. The molecule has 1 aliphatic carbocycles. The zero-order chi connectivity index (χ0) is 25.8. The minimum absolute atomic E-state index is 0.0351. The summed E-state index contributed by atoms with van der Waals surface area (Å²) in [6, 6.07) is 15.6. The van der Waals surface area contributed by atoms with Crippen molar-refractivity contribution in [1.82, 2.24) is 9.78 Å². The van der Waals surface area contributed by atoms with Crippen LogP contribution in [-0.4, -0.2) is 38.7 Å². The molecule has 36 heavy (non-hydrogen) atoms. The van der Waals surface area contributed by atoms with E-state index in [0.717, 1.165) is 25.7 Å². The molecule has 0 aliphatic heterocycles. The zero-order valence-electron chi connectivity index (χ0n) is 20.8. The second kappa shape index (κ2) is 10.8. The number of nitrogens with zero attached hydrogens (tertiary/aromatic N) is 3. The molecule has 0 unspecified atom stereocenters. The van der Waals surface area contributed by atoms with E-state index in [1.54, 1.807) is 36.4 Å². The first-order valence-corrected chi connectivity index (χ1v) is 12.4. The van der Waals surface area contributed by atoms with Crippen LogP contribution in [0.25, 0.3) is 5.69 Å². The fourth-order valence-electron chi connectivity index (χ4n) is 4.62. The van der Waals surface area contributed by atoms with Gasteiger partial charge in [0.1, 0.15) is 5.56 Å².